The Bertz CT molecular complexity index is 243. The van der Waals surface area contributed by atoms with E-state index in [1.165, 1.54) is 18.2 Å². The summed E-state index contributed by atoms with van der Waals surface area (Å²) in [5.41, 5.74) is 0. The smallest absolute Gasteiger partial charge is 0.219 e. The summed E-state index contributed by atoms with van der Waals surface area (Å²) in [5.74, 6) is 1.01. The molecule has 0 aromatic carbocycles. The fourth-order valence-electron chi connectivity index (χ4n) is 2.05. The van der Waals surface area contributed by atoms with Crippen molar-refractivity contribution in [3.8, 4) is 0 Å². The minimum absolute atomic E-state index is 0.167. The molecule has 0 saturated carbocycles. The van der Waals surface area contributed by atoms with E-state index < -0.39 is 0 Å². The average Bonchev–Trinajstić information content (AvgIpc) is 2.17. The molecule has 1 aliphatic rings. The highest BCUT2D eigenvalue weighted by molar-refractivity contribution is 8.13. The monoisotopic (exact) mass is 229 g/mol. The van der Waals surface area contributed by atoms with Crippen LogP contribution in [0.2, 0.25) is 0 Å². The zero-order valence-electron chi connectivity index (χ0n) is 9.49. The normalized spacial score (nSPS) is 21.5. The van der Waals surface area contributed by atoms with Crippen LogP contribution in [0.4, 0.5) is 0 Å². The molecule has 0 radical (unpaired) electrons. The van der Waals surface area contributed by atoms with Crippen LogP contribution in [0.5, 0.6) is 0 Å². The lowest BCUT2D eigenvalue weighted by molar-refractivity contribution is -0.132. The highest BCUT2D eigenvalue weighted by atomic mass is 32.2. The van der Waals surface area contributed by atoms with E-state index in [4.69, 9.17) is 0 Å². The maximum Gasteiger partial charge on any atom is 0.219 e. The van der Waals surface area contributed by atoms with Gasteiger partial charge in [-0.05, 0) is 25.7 Å². The van der Waals surface area contributed by atoms with E-state index in [1.54, 1.807) is 13.8 Å². The summed E-state index contributed by atoms with van der Waals surface area (Å²) in [5, 5.41) is 0.167. The Morgan fingerprint density at radius 2 is 2.07 bits per heavy atom. The van der Waals surface area contributed by atoms with Gasteiger partial charge in [0.15, 0.2) is 5.12 Å². The summed E-state index contributed by atoms with van der Waals surface area (Å²) in [6.07, 6.45) is 4.37. The Kier molecular flexibility index (Phi) is 5.15. The molecule has 4 heteroatoms. The first kappa shape index (κ1) is 12.6. The number of piperidine rings is 1. The quantitative estimate of drug-likeness (QED) is 0.743. The first-order valence-corrected chi connectivity index (χ1v) is 6.50. The zero-order chi connectivity index (χ0) is 11.3. The third-order valence-corrected chi connectivity index (χ3v) is 3.63. The van der Waals surface area contributed by atoms with Gasteiger partial charge in [-0.25, -0.2) is 0 Å². The highest BCUT2D eigenvalue weighted by Gasteiger charge is 2.23. The van der Waals surface area contributed by atoms with Crippen molar-refractivity contribution in [2.75, 3.05) is 12.3 Å². The minimum atomic E-state index is 0.167. The van der Waals surface area contributed by atoms with Crippen molar-refractivity contribution in [1.29, 1.82) is 0 Å². The number of hydrogen-bond donors (Lipinski definition) is 0. The SMILES string of the molecule is CC(=O)SCCC1CCCCN1C(C)=O. The number of rotatable bonds is 3. The van der Waals surface area contributed by atoms with Crippen molar-refractivity contribution in [3.63, 3.8) is 0 Å². The van der Waals surface area contributed by atoms with Crippen LogP contribution in [0.15, 0.2) is 0 Å². The maximum atomic E-state index is 11.4. The average molecular weight is 229 g/mol. The molecule has 1 atom stereocenters. The van der Waals surface area contributed by atoms with Gasteiger partial charge in [0.2, 0.25) is 5.91 Å². The van der Waals surface area contributed by atoms with E-state index in [9.17, 15) is 9.59 Å². The van der Waals surface area contributed by atoms with Gasteiger partial charge >= 0.3 is 0 Å². The number of carbonyl (C=O) groups excluding carboxylic acids is 2. The van der Waals surface area contributed by atoms with Crippen LogP contribution in [0.3, 0.4) is 0 Å². The van der Waals surface area contributed by atoms with Gasteiger partial charge in [-0.15, -0.1) is 0 Å². The van der Waals surface area contributed by atoms with E-state index in [-0.39, 0.29) is 11.0 Å². The van der Waals surface area contributed by atoms with Crippen molar-refractivity contribution >= 4 is 22.8 Å². The Labute approximate surface area is 95.6 Å². The molecular weight excluding hydrogens is 210 g/mol. The molecule has 1 saturated heterocycles. The molecule has 1 unspecified atom stereocenters. The zero-order valence-corrected chi connectivity index (χ0v) is 10.3. The standard InChI is InChI=1S/C11H19NO2S/c1-9(13)12-7-4-3-5-11(12)6-8-15-10(2)14/h11H,3-8H2,1-2H3. The van der Waals surface area contributed by atoms with Gasteiger partial charge in [-0.3, -0.25) is 9.59 Å². The molecule has 0 spiro atoms. The van der Waals surface area contributed by atoms with Crippen molar-refractivity contribution in [3.05, 3.63) is 0 Å². The van der Waals surface area contributed by atoms with Crippen LogP contribution < -0.4 is 0 Å². The first-order valence-electron chi connectivity index (χ1n) is 5.52. The van der Waals surface area contributed by atoms with E-state index in [0.717, 1.165) is 31.6 Å². The van der Waals surface area contributed by atoms with E-state index >= 15 is 0 Å². The van der Waals surface area contributed by atoms with Crippen molar-refractivity contribution in [2.24, 2.45) is 0 Å². The largest absolute Gasteiger partial charge is 0.340 e. The summed E-state index contributed by atoms with van der Waals surface area (Å²) in [6, 6.07) is 0.364. The molecule has 3 nitrogen and oxygen atoms in total. The lowest BCUT2D eigenvalue weighted by Crippen LogP contribution is -2.42. The molecule has 15 heavy (non-hydrogen) atoms. The molecule has 0 aliphatic carbocycles. The molecule has 1 rings (SSSR count). The number of thioether (sulfide) groups is 1. The molecule has 1 amide bonds. The molecule has 1 aliphatic heterocycles. The van der Waals surface area contributed by atoms with Gasteiger partial charge in [0.25, 0.3) is 0 Å². The van der Waals surface area contributed by atoms with Crippen molar-refractivity contribution in [1.82, 2.24) is 4.90 Å². The lowest BCUT2D eigenvalue weighted by Gasteiger charge is -2.35. The molecule has 0 aromatic heterocycles. The molecule has 0 bridgehead atoms. The Hall–Kier alpha value is -0.510. The van der Waals surface area contributed by atoms with Crippen molar-refractivity contribution in [2.45, 2.75) is 45.6 Å². The van der Waals surface area contributed by atoms with E-state index in [2.05, 4.69) is 0 Å². The summed E-state index contributed by atoms with van der Waals surface area (Å²) < 4.78 is 0. The first-order chi connectivity index (χ1) is 7.11. The highest BCUT2D eigenvalue weighted by Crippen LogP contribution is 2.21. The van der Waals surface area contributed by atoms with E-state index in [0.29, 0.717) is 6.04 Å². The van der Waals surface area contributed by atoms with Gasteiger partial charge in [-0.1, -0.05) is 11.8 Å². The van der Waals surface area contributed by atoms with Gasteiger partial charge in [0, 0.05) is 32.2 Å². The fourth-order valence-corrected chi connectivity index (χ4v) is 2.73. The number of likely N-dealkylation sites (tertiary alicyclic amines) is 1. The molecule has 1 fully saturated rings. The van der Waals surface area contributed by atoms with E-state index in [1.807, 2.05) is 4.90 Å². The lowest BCUT2D eigenvalue weighted by atomic mass is 10.00. The fraction of sp³-hybridized carbons (Fsp3) is 0.818. The third-order valence-electron chi connectivity index (χ3n) is 2.79. The molecule has 0 aromatic rings. The second kappa shape index (κ2) is 6.16. The maximum absolute atomic E-state index is 11.4. The predicted molar refractivity (Wildman–Crippen MR) is 62.8 cm³/mol. The number of carbonyl (C=O) groups is 2. The summed E-state index contributed by atoms with van der Waals surface area (Å²) in [7, 11) is 0. The van der Waals surface area contributed by atoms with Crippen LogP contribution >= 0.6 is 11.8 Å². The van der Waals surface area contributed by atoms with Crippen LogP contribution in [0.25, 0.3) is 0 Å². The summed E-state index contributed by atoms with van der Waals surface area (Å²) in [6.45, 7) is 4.12. The second-order valence-corrected chi connectivity index (χ2v) is 5.26. The van der Waals surface area contributed by atoms with Gasteiger partial charge < -0.3 is 4.90 Å². The minimum Gasteiger partial charge on any atom is -0.340 e. The van der Waals surface area contributed by atoms with Crippen LogP contribution in [-0.4, -0.2) is 34.3 Å². The van der Waals surface area contributed by atoms with Crippen LogP contribution in [0.1, 0.15) is 39.5 Å². The Morgan fingerprint density at radius 3 is 2.67 bits per heavy atom. The summed E-state index contributed by atoms with van der Waals surface area (Å²) >= 11 is 1.36. The summed E-state index contributed by atoms with van der Waals surface area (Å²) in [4.78, 5) is 24.1. The Morgan fingerprint density at radius 1 is 1.33 bits per heavy atom. The molecule has 1 heterocycles. The Balaban J connectivity index is 2.36. The molecule has 86 valence electrons. The van der Waals surface area contributed by atoms with Gasteiger partial charge in [-0.2, -0.15) is 0 Å². The molecule has 0 N–H and O–H groups in total. The van der Waals surface area contributed by atoms with Crippen LogP contribution in [-0.2, 0) is 9.59 Å². The van der Waals surface area contributed by atoms with Crippen LogP contribution in [0, 0.1) is 0 Å². The number of amides is 1. The molecular formula is C11H19NO2S. The number of hydrogen-bond acceptors (Lipinski definition) is 3. The van der Waals surface area contributed by atoms with Gasteiger partial charge in [0.1, 0.15) is 0 Å². The topological polar surface area (TPSA) is 37.4 Å². The number of nitrogens with zero attached hydrogens (tertiary/aromatic N) is 1. The van der Waals surface area contributed by atoms with Gasteiger partial charge in [0.05, 0.1) is 0 Å². The second-order valence-electron chi connectivity index (χ2n) is 3.99. The predicted octanol–water partition coefficient (Wildman–Crippen LogP) is 2.06. The third kappa shape index (κ3) is 4.24. The van der Waals surface area contributed by atoms with Crippen molar-refractivity contribution < 1.29 is 9.59 Å².